The fourth-order valence-corrected chi connectivity index (χ4v) is 2.74. The second-order valence-electron chi connectivity index (χ2n) is 5.78. The standard InChI is InChI=1S/C17H15N5O2/c1-10(2)22-14-4-3-12(9-13(14)19-17(22)23)15-20-16(24-21-15)11-5-7-18-8-6-11/h3-10H,1-2H3,(H,19,23). The predicted octanol–water partition coefficient (Wildman–Crippen LogP) is 3.02. The predicted molar refractivity (Wildman–Crippen MR) is 89.5 cm³/mol. The molecule has 24 heavy (non-hydrogen) atoms. The maximum absolute atomic E-state index is 12.1. The van der Waals surface area contributed by atoms with Crippen molar-refractivity contribution in [3.05, 3.63) is 53.2 Å². The molecule has 0 fully saturated rings. The summed E-state index contributed by atoms with van der Waals surface area (Å²) >= 11 is 0. The first-order chi connectivity index (χ1) is 11.6. The van der Waals surface area contributed by atoms with Gasteiger partial charge in [-0.1, -0.05) is 5.16 Å². The zero-order valence-electron chi connectivity index (χ0n) is 13.2. The number of rotatable bonds is 3. The van der Waals surface area contributed by atoms with Crippen molar-refractivity contribution in [2.24, 2.45) is 0 Å². The second-order valence-corrected chi connectivity index (χ2v) is 5.78. The van der Waals surface area contributed by atoms with E-state index in [2.05, 4.69) is 20.1 Å². The van der Waals surface area contributed by atoms with Gasteiger partial charge in [-0.3, -0.25) is 9.55 Å². The molecule has 3 heterocycles. The SMILES string of the molecule is CC(C)n1c(=O)[nH]c2cc(-c3noc(-c4ccncc4)n3)ccc21. The van der Waals surface area contributed by atoms with Crippen LogP contribution in [0.25, 0.3) is 33.9 Å². The fourth-order valence-electron chi connectivity index (χ4n) is 2.74. The highest BCUT2D eigenvalue weighted by atomic mass is 16.5. The Kier molecular flexibility index (Phi) is 3.26. The molecule has 0 unspecified atom stereocenters. The molecule has 4 aromatic rings. The maximum atomic E-state index is 12.1. The molecule has 7 heteroatoms. The van der Waals surface area contributed by atoms with Crippen LogP contribution in [0.15, 0.2) is 52.0 Å². The lowest BCUT2D eigenvalue weighted by atomic mass is 10.2. The lowest BCUT2D eigenvalue weighted by Crippen LogP contribution is -2.18. The smallest absolute Gasteiger partial charge is 0.326 e. The van der Waals surface area contributed by atoms with Gasteiger partial charge in [0.25, 0.3) is 5.89 Å². The van der Waals surface area contributed by atoms with E-state index < -0.39 is 0 Å². The molecule has 0 atom stereocenters. The Bertz CT molecular complexity index is 1060. The van der Waals surface area contributed by atoms with E-state index in [1.165, 1.54) is 0 Å². The molecule has 4 rings (SSSR count). The van der Waals surface area contributed by atoms with E-state index in [0.717, 1.165) is 22.2 Å². The summed E-state index contributed by atoms with van der Waals surface area (Å²) in [7, 11) is 0. The van der Waals surface area contributed by atoms with E-state index in [1.54, 1.807) is 29.1 Å². The van der Waals surface area contributed by atoms with Crippen LogP contribution in [-0.2, 0) is 0 Å². The Hall–Kier alpha value is -3.22. The van der Waals surface area contributed by atoms with Gasteiger partial charge >= 0.3 is 5.69 Å². The topological polar surface area (TPSA) is 89.6 Å². The number of aromatic nitrogens is 5. The van der Waals surface area contributed by atoms with Gasteiger partial charge in [0.15, 0.2) is 0 Å². The molecular weight excluding hydrogens is 306 g/mol. The molecule has 3 aromatic heterocycles. The highest BCUT2D eigenvalue weighted by Crippen LogP contribution is 2.24. The van der Waals surface area contributed by atoms with E-state index in [9.17, 15) is 4.79 Å². The van der Waals surface area contributed by atoms with Crippen LogP contribution in [0.2, 0.25) is 0 Å². The molecule has 120 valence electrons. The van der Waals surface area contributed by atoms with Crippen LogP contribution in [0, 0.1) is 0 Å². The van der Waals surface area contributed by atoms with Crippen molar-refractivity contribution in [1.82, 2.24) is 24.7 Å². The highest BCUT2D eigenvalue weighted by Gasteiger charge is 2.14. The molecule has 0 bridgehead atoms. The summed E-state index contributed by atoms with van der Waals surface area (Å²) in [5.41, 5.74) is 3.08. The van der Waals surface area contributed by atoms with Gasteiger partial charge in [0, 0.05) is 29.6 Å². The van der Waals surface area contributed by atoms with Gasteiger partial charge in [-0.25, -0.2) is 4.79 Å². The number of fused-ring (bicyclic) bond motifs is 1. The van der Waals surface area contributed by atoms with Crippen LogP contribution >= 0.6 is 0 Å². The van der Waals surface area contributed by atoms with E-state index in [-0.39, 0.29) is 11.7 Å². The Morgan fingerprint density at radius 3 is 2.67 bits per heavy atom. The zero-order valence-corrected chi connectivity index (χ0v) is 13.2. The normalized spacial score (nSPS) is 11.5. The molecule has 0 aliphatic heterocycles. The summed E-state index contributed by atoms with van der Waals surface area (Å²) in [4.78, 5) is 23.3. The van der Waals surface area contributed by atoms with E-state index in [1.807, 2.05) is 32.0 Å². The second kappa shape index (κ2) is 5.45. The summed E-state index contributed by atoms with van der Waals surface area (Å²) in [6.45, 7) is 3.95. The molecule has 0 aliphatic carbocycles. The Labute approximate surface area is 137 Å². The first kappa shape index (κ1) is 14.4. The number of imidazole rings is 1. The van der Waals surface area contributed by atoms with Gasteiger partial charge in [0.2, 0.25) is 5.82 Å². The first-order valence-electron chi connectivity index (χ1n) is 7.62. The Morgan fingerprint density at radius 2 is 1.92 bits per heavy atom. The van der Waals surface area contributed by atoms with Gasteiger partial charge in [-0.05, 0) is 44.2 Å². The average Bonchev–Trinajstić information content (AvgIpc) is 3.18. The zero-order chi connectivity index (χ0) is 16.7. The van der Waals surface area contributed by atoms with Crippen LogP contribution in [0.1, 0.15) is 19.9 Å². The molecule has 0 spiro atoms. The number of benzene rings is 1. The number of H-pyrrole nitrogens is 1. The largest absolute Gasteiger partial charge is 0.334 e. The molecule has 0 saturated heterocycles. The van der Waals surface area contributed by atoms with Crippen molar-refractivity contribution in [3.8, 4) is 22.8 Å². The number of hydrogen-bond donors (Lipinski definition) is 1. The Morgan fingerprint density at radius 1 is 1.12 bits per heavy atom. The molecule has 0 saturated carbocycles. The van der Waals surface area contributed by atoms with Gasteiger partial charge in [0.05, 0.1) is 11.0 Å². The summed E-state index contributed by atoms with van der Waals surface area (Å²) in [6, 6.07) is 9.33. The molecule has 1 aromatic carbocycles. The van der Waals surface area contributed by atoms with Gasteiger partial charge in [-0.15, -0.1) is 0 Å². The lowest BCUT2D eigenvalue weighted by molar-refractivity contribution is 0.432. The number of nitrogens with zero attached hydrogens (tertiary/aromatic N) is 4. The van der Waals surface area contributed by atoms with Crippen molar-refractivity contribution in [2.45, 2.75) is 19.9 Å². The minimum absolute atomic E-state index is 0.0839. The van der Waals surface area contributed by atoms with Gasteiger partial charge in [0.1, 0.15) is 0 Å². The molecule has 0 radical (unpaired) electrons. The minimum atomic E-state index is -0.122. The third-order valence-electron chi connectivity index (χ3n) is 3.84. The third kappa shape index (κ3) is 2.30. The van der Waals surface area contributed by atoms with E-state index in [0.29, 0.717) is 11.7 Å². The lowest BCUT2D eigenvalue weighted by Gasteiger charge is -2.06. The maximum Gasteiger partial charge on any atom is 0.326 e. The first-order valence-corrected chi connectivity index (χ1v) is 7.62. The van der Waals surface area contributed by atoms with Crippen molar-refractivity contribution in [2.75, 3.05) is 0 Å². The van der Waals surface area contributed by atoms with Crippen LogP contribution in [0.4, 0.5) is 0 Å². The van der Waals surface area contributed by atoms with Gasteiger partial charge < -0.3 is 9.51 Å². The van der Waals surface area contributed by atoms with E-state index >= 15 is 0 Å². The molecule has 0 aliphatic rings. The molecular formula is C17H15N5O2. The minimum Gasteiger partial charge on any atom is -0.334 e. The number of nitrogens with one attached hydrogen (secondary N) is 1. The van der Waals surface area contributed by atoms with Crippen molar-refractivity contribution >= 4 is 11.0 Å². The summed E-state index contributed by atoms with van der Waals surface area (Å²) in [6.07, 6.45) is 3.34. The van der Waals surface area contributed by atoms with Crippen molar-refractivity contribution in [1.29, 1.82) is 0 Å². The number of hydrogen-bond acceptors (Lipinski definition) is 5. The Balaban J connectivity index is 1.78. The quantitative estimate of drug-likeness (QED) is 0.626. The fraction of sp³-hybridized carbons (Fsp3) is 0.176. The van der Waals surface area contributed by atoms with Crippen molar-refractivity contribution in [3.63, 3.8) is 0 Å². The highest BCUT2D eigenvalue weighted by molar-refractivity contribution is 5.80. The summed E-state index contributed by atoms with van der Waals surface area (Å²) < 4.78 is 7.04. The monoisotopic (exact) mass is 321 g/mol. The summed E-state index contributed by atoms with van der Waals surface area (Å²) in [5.74, 6) is 0.905. The average molecular weight is 321 g/mol. The van der Waals surface area contributed by atoms with Crippen LogP contribution < -0.4 is 5.69 Å². The molecule has 7 nitrogen and oxygen atoms in total. The summed E-state index contributed by atoms with van der Waals surface area (Å²) in [5, 5.41) is 4.03. The van der Waals surface area contributed by atoms with Crippen LogP contribution in [0.5, 0.6) is 0 Å². The van der Waals surface area contributed by atoms with Crippen molar-refractivity contribution < 1.29 is 4.52 Å². The van der Waals surface area contributed by atoms with Crippen LogP contribution in [-0.4, -0.2) is 24.7 Å². The number of pyridine rings is 1. The van der Waals surface area contributed by atoms with Gasteiger partial charge in [-0.2, -0.15) is 4.98 Å². The van der Waals surface area contributed by atoms with E-state index in [4.69, 9.17) is 4.52 Å². The number of aromatic amines is 1. The van der Waals surface area contributed by atoms with Crippen LogP contribution in [0.3, 0.4) is 0 Å². The third-order valence-corrected chi connectivity index (χ3v) is 3.84. The molecule has 0 amide bonds. The molecule has 1 N–H and O–H groups in total.